The zero-order valence-corrected chi connectivity index (χ0v) is 14.8. The summed E-state index contributed by atoms with van der Waals surface area (Å²) in [6, 6.07) is 2.03. The topological polar surface area (TPSA) is 116 Å². The summed E-state index contributed by atoms with van der Waals surface area (Å²) in [5.41, 5.74) is 3.94. The number of H-pyrrole nitrogens is 1. The number of likely N-dealkylation sites (tertiary alicyclic amines) is 1. The number of imidazole rings is 1. The van der Waals surface area contributed by atoms with Crippen molar-refractivity contribution in [1.82, 2.24) is 24.3 Å². The highest BCUT2D eigenvalue weighted by Crippen LogP contribution is 2.33. The van der Waals surface area contributed by atoms with Crippen molar-refractivity contribution in [3.05, 3.63) is 35.3 Å². The number of amides is 1. The number of nitrogens with zero attached hydrogens (tertiary/aromatic N) is 5. The molecule has 0 aromatic carbocycles. The number of aromatic nitrogens is 4. The number of nitrogens with one attached hydrogen (secondary N) is 1. The van der Waals surface area contributed by atoms with Gasteiger partial charge in [0, 0.05) is 43.5 Å². The molecule has 3 aromatic rings. The van der Waals surface area contributed by atoms with E-state index in [0.717, 1.165) is 36.3 Å². The summed E-state index contributed by atoms with van der Waals surface area (Å²) in [6.07, 6.45) is 7.25. The third-order valence-corrected chi connectivity index (χ3v) is 5.06. The maximum Gasteiger partial charge on any atom is 0.222 e. The lowest BCUT2D eigenvalue weighted by molar-refractivity contribution is -0.132. The summed E-state index contributed by atoms with van der Waals surface area (Å²) in [5.74, 6) is 1.07. The Morgan fingerprint density at radius 2 is 2.19 bits per heavy atom. The Kier molecular flexibility index (Phi) is 5.15. The van der Waals surface area contributed by atoms with Gasteiger partial charge in [0.05, 0.1) is 11.7 Å². The van der Waals surface area contributed by atoms with Gasteiger partial charge < -0.3 is 15.1 Å². The number of rotatable bonds is 2. The molecule has 3 aromatic heterocycles. The van der Waals surface area contributed by atoms with E-state index < -0.39 is 0 Å². The molecule has 138 valence electrons. The minimum atomic E-state index is 0.240. The molecule has 9 heteroatoms. The molecule has 0 aliphatic carbocycles. The molecule has 1 amide bonds. The summed E-state index contributed by atoms with van der Waals surface area (Å²) >= 11 is 0. The first-order valence-corrected chi connectivity index (χ1v) is 8.64. The van der Waals surface area contributed by atoms with Crippen LogP contribution in [0, 0.1) is 10.8 Å². The molecule has 1 aliphatic rings. The van der Waals surface area contributed by atoms with E-state index in [-0.39, 0.29) is 5.91 Å². The molecule has 0 saturated carbocycles. The van der Waals surface area contributed by atoms with Gasteiger partial charge in [0.15, 0.2) is 16.6 Å². The molecule has 4 rings (SSSR count). The molecular weight excluding hydrogens is 336 g/mol. The second-order valence-corrected chi connectivity index (χ2v) is 6.49. The average Bonchev–Trinajstić information content (AvgIpc) is 3.28. The van der Waals surface area contributed by atoms with Gasteiger partial charge in [-0.15, -0.1) is 4.91 Å². The number of carbonyl (C=O) groups excluding carboxylic acids is 1. The van der Waals surface area contributed by atoms with Crippen LogP contribution >= 0.6 is 0 Å². The summed E-state index contributed by atoms with van der Waals surface area (Å²) in [6.45, 7) is 5.84. The number of carbonyl (C=O) groups is 1. The standard InChI is InChI=1S/C17H21N5O.HNO2/c1-3-16(23)21-7-5-11(2)12(10-21)14-8-19-15-9-20-17-13(22(14)15)4-6-18-17;2-1-3/h4,6,8-9,11-12,18H,3,5,7,10H2,1-2H3;(H,2,3)/t11-,12+;/m1./s1. The van der Waals surface area contributed by atoms with Crippen LogP contribution in [0.15, 0.2) is 30.0 Å². The van der Waals surface area contributed by atoms with Crippen LogP contribution in [0.5, 0.6) is 0 Å². The van der Waals surface area contributed by atoms with Crippen molar-refractivity contribution in [3.8, 4) is 0 Å². The van der Waals surface area contributed by atoms with E-state index in [0.29, 0.717) is 18.3 Å². The van der Waals surface area contributed by atoms with Crippen molar-refractivity contribution >= 4 is 22.7 Å². The molecule has 1 saturated heterocycles. The highest BCUT2D eigenvalue weighted by atomic mass is 16.6. The molecule has 9 nitrogen and oxygen atoms in total. The Balaban J connectivity index is 0.000000613. The van der Waals surface area contributed by atoms with Crippen molar-refractivity contribution in [2.75, 3.05) is 13.1 Å². The maximum atomic E-state index is 12.1. The molecule has 0 spiro atoms. The van der Waals surface area contributed by atoms with Crippen molar-refractivity contribution < 1.29 is 10.0 Å². The fraction of sp³-hybridized carbons (Fsp3) is 0.471. The van der Waals surface area contributed by atoms with Gasteiger partial charge in [-0.2, -0.15) is 0 Å². The molecule has 4 heterocycles. The minimum absolute atomic E-state index is 0.240. The fourth-order valence-electron chi connectivity index (χ4n) is 3.66. The van der Waals surface area contributed by atoms with Gasteiger partial charge in [-0.05, 0) is 18.4 Å². The minimum Gasteiger partial charge on any atom is -0.379 e. The van der Waals surface area contributed by atoms with E-state index in [9.17, 15) is 4.79 Å². The fourth-order valence-corrected chi connectivity index (χ4v) is 3.66. The number of aromatic amines is 1. The highest BCUT2D eigenvalue weighted by Gasteiger charge is 2.31. The lowest BCUT2D eigenvalue weighted by Crippen LogP contribution is -2.42. The summed E-state index contributed by atoms with van der Waals surface area (Å²) < 4.78 is 2.18. The smallest absolute Gasteiger partial charge is 0.222 e. The number of piperidine rings is 1. The van der Waals surface area contributed by atoms with Crippen LogP contribution in [0.2, 0.25) is 0 Å². The maximum absolute atomic E-state index is 12.1. The third-order valence-electron chi connectivity index (χ3n) is 5.06. The molecule has 0 unspecified atom stereocenters. The van der Waals surface area contributed by atoms with Crippen molar-refractivity contribution in [2.24, 2.45) is 11.3 Å². The van der Waals surface area contributed by atoms with Crippen molar-refractivity contribution in [2.45, 2.75) is 32.6 Å². The molecule has 1 fully saturated rings. The Morgan fingerprint density at radius 1 is 1.42 bits per heavy atom. The SMILES string of the molecule is CCC(=O)N1CC[C@@H](C)[C@@H](c2cnc3cnc4[nH]ccc4n23)C1.O=NO. The van der Waals surface area contributed by atoms with Gasteiger partial charge >= 0.3 is 0 Å². The monoisotopic (exact) mass is 358 g/mol. The van der Waals surface area contributed by atoms with Gasteiger partial charge in [0.25, 0.3) is 0 Å². The van der Waals surface area contributed by atoms with Gasteiger partial charge in [0.2, 0.25) is 5.91 Å². The average molecular weight is 358 g/mol. The van der Waals surface area contributed by atoms with Crippen molar-refractivity contribution in [1.29, 1.82) is 0 Å². The molecule has 0 bridgehead atoms. The van der Waals surface area contributed by atoms with Crippen LogP contribution in [0.1, 0.15) is 38.3 Å². The number of hydrogen-bond acceptors (Lipinski definition) is 5. The number of hydrogen-bond donors (Lipinski definition) is 2. The van der Waals surface area contributed by atoms with E-state index in [4.69, 9.17) is 10.1 Å². The van der Waals surface area contributed by atoms with Gasteiger partial charge in [-0.3, -0.25) is 9.20 Å². The Labute approximate surface area is 150 Å². The first-order chi connectivity index (χ1) is 12.6. The largest absolute Gasteiger partial charge is 0.379 e. The molecule has 2 N–H and O–H groups in total. The van der Waals surface area contributed by atoms with Crippen LogP contribution in [-0.4, -0.2) is 48.5 Å². The van der Waals surface area contributed by atoms with Crippen LogP contribution in [0.4, 0.5) is 0 Å². The zero-order chi connectivity index (χ0) is 18.7. The molecular formula is C17H22N6O3. The van der Waals surface area contributed by atoms with Crippen LogP contribution < -0.4 is 0 Å². The van der Waals surface area contributed by atoms with Gasteiger partial charge in [0.1, 0.15) is 0 Å². The zero-order valence-electron chi connectivity index (χ0n) is 14.8. The summed E-state index contributed by atoms with van der Waals surface area (Å²) in [7, 11) is 0. The van der Waals surface area contributed by atoms with E-state index in [1.54, 1.807) is 6.20 Å². The summed E-state index contributed by atoms with van der Waals surface area (Å²) in [5, 5.41) is 7.89. The first-order valence-electron chi connectivity index (χ1n) is 8.64. The Morgan fingerprint density at radius 3 is 2.92 bits per heavy atom. The van der Waals surface area contributed by atoms with Crippen LogP contribution in [0.25, 0.3) is 16.8 Å². The molecule has 1 aliphatic heterocycles. The second kappa shape index (κ2) is 7.51. The summed E-state index contributed by atoms with van der Waals surface area (Å²) in [4.78, 5) is 34.3. The van der Waals surface area contributed by atoms with E-state index >= 15 is 0 Å². The van der Waals surface area contributed by atoms with Crippen molar-refractivity contribution in [3.63, 3.8) is 0 Å². The second-order valence-electron chi connectivity index (χ2n) is 6.49. The lowest BCUT2D eigenvalue weighted by Gasteiger charge is -2.37. The predicted octanol–water partition coefficient (Wildman–Crippen LogP) is 2.71. The van der Waals surface area contributed by atoms with E-state index in [2.05, 4.69) is 26.3 Å². The van der Waals surface area contributed by atoms with Crippen LogP contribution in [0.3, 0.4) is 0 Å². The third kappa shape index (κ3) is 3.12. The molecule has 26 heavy (non-hydrogen) atoms. The van der Waals surface area contributed by atoms with Gasteiger partial charge in [-0.1, -0.05) is 13.8 Å². The Bertz CT molecular complexity index is 918. The highest BCUT2D eigenvalue weighted by molar-refractivity contribution is 5.76. The molecule has 2 atom stereocenters. The quantitative estimate of drug-likeness (QED) is 0.540. The Hall–Kier alpha value is -2.97. The van der Waals surface area contributed by atoms with E-state index in [1.165, 1.54) is 11.0 Å². The lowest BCUT2D eigenvalue weighted by atomic mass is 9.84. The number of fused-ring (bicyclic) bond motifs is 3. The van der Waals surface area contributed by atoms with Gasteiger partial charge in [-0.25, -0.2) is 9.97 Å². The van der Waals surface area contributed by atoms with E-state index in [1.807, 2.05) is 30.3 Å². The van der Waals surface area contributed by atoms with Crippen LogP contribution in [-0.2, 0) is 4.79 Å². The first kappa shape index (κ1) is 17.8. The predicted molar refractivity (Wildman–Crippen MR) is 95.8 cm³/mol. The normalized spacial score (nSPS) is 20.0. The molecule has 0 radical (unpaired) electrons.